The molecule has 1 aromatic carbocycles. The van der Waals surface area contributed by atoms with Crippen LogP contribution in [0.2, 0.25) is 0 Å². The Morgan fingerprint density at radius 2 is 1.96 bits per heavy atom. The van der Waals surface area contributed by atoms with Crippen molar-refractivity contribution >= 4 is 23.4 Å². The smallest absolute Gasteiger partial charge is 0.253 e. The second-order valence-corrected chi connectivity index (χ2v) is 7.27. The van der Waals surface area contributed by atoms with Gasteiger partial charge in [0.25, 0.3) is 5.91 Å². The molecule has 0 bridgehead atoms. The van der Waals surface area contributed by atoms with E-state index >= 15 is 0 Å². The van der Waals surface area contributed by atoms with Gasteiger partial charge in [0, 0.05) is 31.5 Å². The van der Waals surface area contributed by atoms with Crippen LogP contribution in [0.25, 0.3) is 0 Å². The highest BCUT2D eigenvalue weighted by Crippen LogP contribution is 2.25. The minimum atomic E-state index is -0.226. The third kappa shape index (κ3) is 4.23. The maximum absolute atomic E-state index is 12.8. The van der Waals surface area contributed by atoms with Crippen molar-refractivity contribution in [3.05, 3.63) is 29.8 Å². The summed E-state index contributed by atoms with van der Waals surface area (Å²) < 4.78 is 0. The lowest BCUT2D eigenvalue weighted by atomic mass is 9.88. The molecule has 1 aliphatic carbocycles. The molecule has 1 fully saturated rings. The Labute approximate surface area is 154 Å². The summed E-state index contributed by atoms with van der Waals surface area (Å²) in [6, 6.07) is 6.91. The van der Waals surface area contributed by atoms with E-state index in [9.17, 15) is 14.4 Å². The zero-order valence-corrected chi connectivity index (χ0v) is 15.3. The van der Waals surface area contributed by atoms with E-state index in [2.05, 4.69) is 10.6 Å². The highest BCUT2D eigenvalue weighted by atomic mass is 16.2. The van der Waals surface area contributed by atoms with Crippen LogP contribution in [-0.4, -0.2) is 36.9 Å². The number of benzene rings is 1. The summed E-state index contributed by atoms with van der Waals surface area (Å²) in [5.41, 5.74) is 1.15. The number of para-hydroxylation sites is 1. The number of amides is 3. The topological polar surface area (TPSA) is 78.5 Å². The summed E-state index contributed by atoms with van der Waals surface area (Å²) in [5, 5.41) is 5.81. The Morgan fingerprint density at radius 3 is 2.73 bits per heavy atom. The molecule has 1 saturated carbocycles. The van der Waals surface area contributed by atoms with Gasteiger partial charge in [-0.2, -0.15) is 0 Å². The minimum Gasteiger partial charge on any atom is -0.353 e. The number of hydrogen-bond donors (Lipinski definition) is 2. The first-order valence-electron chi connectivity index (χ1n) is 9.54. The fourth-order valence-electron chi connectivity index (χ4n) is 3.81. The van der Waals surface area contributed by atoms with E-state index in [0.717, 1.165) is 25.7 Å². The zero-order valence-electron chi connectivity index (χ0n) is 15.3. The molecule has 3 rings (SSSR count). The van der Waals surface area contributed by atoms with Crippen LogP contribution >= 0.6 is 0 Å². The Bertz CT molecular complexity index is 683. The standard InChI is InChI=1S/C20H27N3O3/c1-14(22-19(25)15-7-3-2-4-8-15)13-18(24)23-12-11-21-20(26)16-9-5-6-10-17(16)23/h5-6,9-10,14-15H,2-4,7-8,11-13H2,1H3,(H,21,26)(H,22,25). The Kier molecular flexibility index (Phi) is 5.91. The predicted octanol–water partition coefficient (Wildman–Crippen LogP) is 2.24. The van der Waals surface area contributed by atoms with Crippen LogP contribution in [0.4, 0.5) is 5.69 Å². The predicted molar refractivity (Wildman–Crippen MR) is 99.9 cm³/mol. The summed E-state index contributed by atoms with van der Waals surface area (Å²) in [6.07, 6.45) is 5.54. The van der Waals surface area contributed by atoms with E-state index in [0.29, 0.717) is 24.3 Å². The highest BCUT2D eigenvalue weighted by Gasteiger charge is 2.27. The first-order valence-corrected chi connectivity index (χ1v) is 9.54. The molecule has 140 valence electrons. The molecule has 1 atom stereocenters. The van der Waals surface area contributed by atoms with Gasteiger partial charge in [0.2, 0.25) is 11.8 Å². The van der Waals surface area contributed by atoms with E-state index in [4.69, 9.17) is 0 Å². The van der Waals surface area contributed by atoms with Crippen LogP contribution in [-0.2, 0) is 9.59 Å². The van der Waals surface area contributed by atoms with Crippen LogP contribution in [0.1, 0.15) is 55.8 Å². The van der Waals surface area contributed by atoms with Gasteiger partial charge < -0.3 is 15.5 Å². The molecule has 6 heteroatoms. The van der Waals surface area contributed by atoms with Gasteiger partial charge in [-0.1, -0.05) is 31.4 Å². The third-order valence-electron chi connectivity index (χ3n) is 5.21. The van der Waals surface area contributed by atoms with Crippen molar-refractivity contribution in [1.29, 1.82) is 0 Å². The van der Waals surface area contributed by atoms with Gasteiger partial charge >= 0.3 is 0 Å². The van der Waals surface area contributed by atoms with Crippen LogP contribution in [0.5, 0.6) is 0 Å². The SMILES string of the molecule is CC(CC(=O)N1CCNC(=O)c2ccccc21)NC(=O)C1CCCCC1. The number of nitrogens with one attached hydrogen (secondary N) is 2. The number of nitrogens with zero attached hydrogens (tertiary/aromatic N) is 1. The number of anilines is 1. The number of carbonyl (C=O) groups excluding carboxylic acids is 3. The minimum absolute atomic E-state index is 0.0677. The van der Waals surface area contributed by atoms with E-state index in [-0.39, 0.29) is 36.1 Å². The maximum atomic E-state index is 12.8. The summed E-state index contributed by atoms with van der Waals surface area (Å²) in [6.45, 7) is 2.72. The third-order valence-corrected chi connectivity index (χ3v) is 5.21. The van der Waals surface area contributed by atoms with Crippen LogP contribution < -0.4 is 15.5 Å². The molecule has 3 amide bonds. The number of carbonyl (C=O) groups is 3. The number of hydrogen-bond acceptors (Lipinski definition) is 3. The van der Waals surface area contributed by atoms with Crippen molar-refractivity contribution in [3.8, 4) is 0 Å². The van der Waals surface area contributed by atoms with Gasteiger partial charge in [0.1, 0.15) is 0 Å². The van der Waals surface area contributed by atoms with E-state index in [1.165, 1.54) is 6.42 Å². The molecule has 1 unspecified atom stereocenters. The monoisotopic (exact) mass is 357 g/mol. The second-order valence-electron chi connectivity index (χ2n) is 7.27. The molecule has 0 saturated heterocycles. The molecule has 1 aromatic rings. The van der Waals surface area contributed by atoms with Crippen molar-refractivity contribution in [1.82, 2.24) is 10.6 Å². The average Bonchev–Trinajstić information content (AvgIpc) is 2.81. The maximum Gasteiger partial charge on any atom is 0.253 e. The molecule has 1 aliphatic heterocycles. The average molecular weight is 357 g/mol. The van der Waals surface area contributed by atoms with E-state index in [1.807, 2.05) is 13.0 Å². The Morgan fingerprint density at radius 1 is 1.23 bits per heavy atom. The normalized spacial score (nSPS) is 19.1. The van der Waals surface area contributed by atoms with Crippen molar-refractivity contribution in [2.75, 3.05) is 18.0 Å². The first-order chi connectivity index (χ1) is 12.6. The van der Waals surface area contributed by atoms with E-state index < -0.39 is 0 Å². The summed E-state index contributed by atoms with van der Waals surface area (Å²) in [7, 11) is 0. The molecule has 1 heterocycles. The van der Waals surface area contributed by atoms with Crippen molar-refractivity contribution in [3.63, 3.8) is 0 Å². The van der Waals surface area contributed by atoms with Crippen LogP contribution in [0.15, 0.2) is 24.3 Å². The van der Waals surface area contributed by atoms with Gasteiger partial charge in [-0.15, -0.1) is 0 Å². The Balaban J connectivity index is 1.62. The fraction of sp³-hybridized carbons (Fsp3) is 0.550. The molecular formula is C20H27N3O3. The molecule has 2 aliphatic rings. The van der Waals surface area contributed by atoms with Crippen molar-refractivity contribution < 1.29 is 14.4 Å². The lowest BCUT2D eigenvalue weighted by molar-refractivity contribution is -0.126. The van der Waals surface area contributed by atoms with Gasteiger partial charge in [0.05, 0.1) is 11.3 Å². The van der Waals surface area contributed by atoms with Crippen LogP contribution in [0, 0.1) is 5.92 Å². The van der Waals surface area contributed by atoms with Crippen molar-refractivity contribution in [2.24, 2.45) is 5.92 Å². The second kappa shape index (κ2) is 8.34. The highest BCUT2D eigenvalue weighted by molar-refractivity contribution is 6.05. The molecule has 6 nitrogen and oxygen atoms in total. The molecule has 2 N–H and O–H groups in total. The summed E-state index contributed by atoms with van der Waals surface area (Å²) in [4.78, 5) is 39.0. The molecule has 26 heavy (non-hydrogen) atoms. The van der Waals surface area contributed by atoms with Gasteiger partial charge in [-0.3, -0.25) is 14.4 Å². The number of fused-ring (bicyclic) bond motifs is 1. The summed E-state index contributed by atoms with van der Waals surface area (Å²) in [5.74, 6) is -0.0832. The first kappa shape index (κ1) is 18.4. The lowest BCUT2D eigenvalue weighted by Gasteiger charge is -2.26. The summed E-state index contributed by atoms with van der Waals surface area (Å²) >= 11 is 0. The quantitative estimate of drug-likeness (QED) is 0.867. The Hall–Kier alpha value is -2.37. The van der Waals surface area contributed by atoms with E-state index in [1.54, 1.807) is 23.1 Å². The van der Waals surface area contributed by atoms with Gasteiger partial charge in [-0.05, 0) is 31.9 Å². The van der Waals surface area contributed by atoms with Crippen LogP contribution in [0.3, 0.4) is 0 Å². The lowest BCUT2D eigenvalue weighted by Crippen LogP contribution is -2.42. The molecule has 0 radical (unpaired) electrons. The largest absolute Gasteiger partial charge is 0.353 e. The zero-order chi connectivity index (χ0) is 18.5. The van der Waals surface area contributed by atoms with Gasteiger partial charge in [0.15, 0.2) is 0 Å². The number of rotatable bonds is 4. The fourth-order valence-corrected chi connectivity index (χ4v) is 3.81. The van der Waals surface area contributed by atoms with Gasteiger partial charge in [-0.25, -0.2) is 0 Å². The molecule has 0 aromatic heterocycles. The van der Waals surface area contributed by atoms with Crippen molar-refractivity contribution in [2.45, 2.75) is 51.5 Å². The molecular weight excluding hydrogens is 330 g/mol. The molecule has 0 spiro atoms.